The molecule has 2 aliphatic carbocycles. The molecule has 4 heteroatoms. The molecule has 2 bridgehead atoms. The van der Waals surface area contributed by atoms with Crippen molar-refractivity contribution in [1.82, 2.24) is 4.90 Å². The standard InChI is InChI=1S/C12H23N3O/c1-12(14-13)6-8-4-5-10(15(2)3)9(7-12)11(8)16/h8-11,13,16H,4-7H2,1-3H3. The number of nitrogens with zero attached hydrogens (tertiary/aromatic N) is 2. The van der Waals surface area contributed by atoms with Crippen molar-refractivity contribution in [2.45, 2.75) is 50.3 Å². The number of rotatable bonds is 2. The van der Waals surface area contributed by atoms with Gasteiger partial charge in [-0.1, -0.05) is 0 Å². The highest BCUT2D eigenvalue weighted by atomic mass is 16.3. The zero-order valence-corrected chi connectivity index (χ0v) is 10.5. The van der Waals surface area contributed by atoms with Gasteiger partial charge in [-0.05, 0) is 52.6 Å². The monoisotopic (exact) mass is 225 g/mol. The maximum atomic E-state index is 10.3. The summed E-state index contributed by atoms with van der Waals surface area (Å²) in [6, 6.07) is 0.452. The predicted molar refractivity (Wildman–Crippen MR) is 62.5 cm³/mol. The van der Waals surface area contributed by atoms with Gasteiger partial charge in [0.15, 0.2) is 0 Å². The summed E-state index contributed by atoms with van der Waals surface area (Å²) in [5.41, 5.74) is 7.11. The number of aliphatic hydroxyl groups is 1. The minimum atomic E-state index is -0.233. The van der Waals surface area contributed by atoms with Gasteiger partial charge in [0.2, 0.25) is 0 Å². The molecule has 2 N–H and O–H groups in total. The van der Waals surface area contributed by atoms with E-state index >= 15 is 0 Å². The molecule has 4 nitrogen and oxygen atoms in total. The number of aliphatic hydroxyl groups excluding tert-OH is 1. The van der Waals surface area contributed by atoms with E-state index in [1.807, 2.05) is 0 Å². The van der Waals surface area contributed by atoms with Crippen LogP contribution in [0.2, 0.25) is 0 Å². The van der Waals surface area contributed by atoms with Gasteiger partial charge in [-0.3, -0.25) is 0 Å². The second kappa shape index (κ2) is 4.08. The molecule has 2 saturated carbocycles. The van der Waals surface area contributed by atoms with Gasteiger partial charge in [-0.15, -0.1) is 0 Å². The highest BCUT2D eigenvalue weighted by Gasteiger charge is 2.49. The fourth-order valence-corrected chi connectivity index (χ4v) is 3.71. The Morgan fingerprint density at radius 3 is 2.56 bits per heavy atom. The van der Waals surface area contributed by atoms with Crippen LogP contribution in [0.1, 0.15) is 32.6 Å². The summed E-state index contributed by atoms with van der Waals surface area (Å²) in [6.07, 6.45) is 3.81. The summed E-state index contributed by atoms with van der Waals surface area (Å²) in [7, 11) is 4.17. The molecular formula is C12H23N3O. The third-order valence-electron chi connectivity index (χ3n) is 4.56. The van der Waals surface area contributed by atoms with Gasteiger partial charge < -0.3 is 10.0 Å². The van der Waals surface area contributed by atoms with Gasteiger partial charge in [0.05, 0.1) is 11.6 Å². The van der Waals surface area contributed by atoms with E-state index in [4.69, 9.17) is 5.53 Å². The molecule has 0 radical (unpaired) electrons. The number of hydrogen-bond donors (Lipinski definition) is 2. The molecule has 0 aliphatic heterocycles. The van der Waals surface area contributed by atoms with Crippen LogP contribution in [0.5, 0.6) is 0 Å². The predicted octanol–water partition coefficient (Wildman–Crippen LogP) is 1.89. The topological polar surface area (TPSA) is 59.7 Å². The van der Waals surface area contributed by atoms with Crippen LogP contribution in [0.4, 0.5) is 0 Å². The third kappa shape index (κ3) is 1.89. The van der Waals surface area contributed by atoms with Crippen LogP contribution >= 0.6 is 0 Å². The molecule has 16 heavy (non-hydrogen) atoms. The molecule has 0 spiro atoms. The van der Waals surface area contributed by atoms with Gasteiger partial charge in [0, 0.05) is 12.0 Å². The lowest BCUT2D eigenvalue weighted by atomic mass is 9.61. The van der Waals surface area contributed by atoms with Crippen LogP contribution in [0.25, 0.3) is 0 Å². The highest BCUT2D eigenvalue weighted by Crippen LogP contribution is 2.47. The van der Waals surface area contributed by atoms with Crippen molar-refractivity contribution < 1.29 is 5.11 Å². The average Bonchev–Trinajstić information content (AvgIpc) is 2.20. The third-order valence-corrected chi connectivity index (χ3v) is 4.56. The van der Waals surface area contributed by atoms with Gasteiger partial charge in [0.1, 0.15) is 0 Å². The largest absolute Gasteiger partial charge is 0.392 e. The van der Waals surface area contributed by atoms with E-state index in [0.29, 0.717) is 17.9 Å². The molecule has 5 atom stereocenters. The Morgan fingerprint density at radius 2 is 2.00 bits per heavy atom. The first kappa shape index (κ1) is 12.0. The normalized spacial score (nSPS) is 48.1. The molecule has 2 aliphatic rings. The number of nitrogens with one attached hydrogen (secondary N) is 1. The van der Waals surface area contributed by atoms with Gasteiger partial charge in [-0.25, -0.2) is 5.53 Å². The van der Waals surface area contributed by atoms with Gasteiger partial charge in [0.25, 0.3) is 0 Å². The smallest absolute Gasteiger partial charge is 0.0793 e. The summed E-state index contributed by atoms with van der Waals surface area (Å²) in [4.78, 5) is 2.22. The van der Waals surface area contributed by atoms with E-state index in [0.717, 1.165) is 19.3 Å². The molecule has 2 fully saturated rings. The Kier molecular flexibility index (Phi) is 3.05. The Morgan fingerprint density at radius 1 is 1.31 bits per heavy atom. The van der Waals surface area contributed by atoms with Crippen molar-refractivity contribution in [3.8, 4) is 0 Å². The fourth-order valence-electron chi connectivity index (χ4n) is 3.71. The minimum Gasteiger partial charge on any atom is -0.392 e. The first-order valence-electron chi connectivity index (χ1n) is 6.20. The molecule has 0 heterocycles. The van der Waals surface area contributed by atoms with Crippen LogP contribution < -0.4 is 0 Å². The Labute approximate surface area is 97.5 Å². The molecule has 0 aromatic heterocycles. The van der Waals surface area contributed by atoms with E-state index < -0.39 is 0 Å². The summed E-state index contributed by atoms with van der Waals surface area (Å²) in [5, 5.41) is 14.1. The molecule has 2 rings (SSSR count). The average molecular weight is 225 g/mol. The van der Waals surface area contributed by atoms with Crippen LogP contribution in [-0.2, 0) is 0 Å². The van der Waals surface area contributed by atoms with Crippen molar-refractivity contribution in [1.29, 1.82) is 5.53 Å². The lowest BCUT2D eigenvalue weighted by Crippen LogP contribution is -2.55. The van der Waals surface area contributed by atoms with E-state index in [9.17, 15) is 5.11 Å². The first-order valence-corrected chi connectivity index (χ1v) is 6.20. The van der Waals surface area contributed by atoms with Crippen molar-refractivity contribution in [3.63, 3.8) is 0 Å². The van der Waals surface area contributed by atoms with E-state index in [-0.39, 0.29) is 11.6 Å². The maximum Gasteiger partial charge on any atom is 0.0793 e. The van der Waals surface area contributed by atoms with Crippen LogP contribution in [-0.4, -0.2) is 41.8 Å². The van der Waals surface area contributed by atoms with Crippen molar-refractivity contribution >= 4 is 0 Å². The molecule has 0 aromatic carbocycles. The number of fused-ring (bicyclic) bond motifs is 2. The second-order valence-electron chi connectivity index (χ2n) is 6.04. The zero-order chi connectivity index (χ0) is 11.9. The van der Waals surface area contributed by atoms with Crippen LogP contribution in [0.15, 0.2) is 5.11 Å². The first-order chi connectivity index (χ1) is 7.47. The number of hydrogen-bond acceptors (Lipinski definition) is 4. The van der Waals surface area contributed by atoms with Crippen molar-refractivity contribution in [3.05, 3.63) is 0 Å². The maximum absolute atomic E-state index is 10.3. The zero-order valence-electron chi connectivity index (χ0n) is 10.5. The summed E-state index contributed by atoms with van der Waals surface area (Å²) < 4.78 is 0. The van der Waals surface area contributed by atoms with E-state index in [1.165, 1.54) is 6.42 Å². The lowest BCUT2D eigenvalue weighted by Gasteiger charge is -2.51. The van der Waals surface area contributed by atoms with Crippen molar-refractivity contribution in [2.75, 3.05) is 14.1 Å². The highest BCUT2D eigenvalue weighted by molar-refractivity contribution is 5.03. The van der Waals surface area contributed by atoms with E-state index in [1.54, 1.807) is 0 Å². The van der Waals surface area contributed by atoms with Crippen molar-refractivity contribution in [2.24, 2.45) is 17.0 Å². The summed E-state index contributed by atoms with van der Waals surface area (Å²) >= 11 is 0. The minimum absolute atomic E-state index is 0.184. The molecule has 92 valence electrons. The molecule has 0 aromatic rings. The SMILES string of the molecule is CN(C)C1CCC2CC(C)(N=N)CC1C2O. The Balaban J connectivity index is 2.21. The summed E-state index contributed by atoms with van der Waals surface area (Å²) in [6.45, 7) is 2.06. The molecule has 5 unspecified atom stereocenters. The summed E-state index contributed by atoms with van der Waals surface area (Å²) in [5.74, 6) is 0.649. The molecular weight excluding hydrogens is 202 g/mol. The second-order valence-corrected chi connectivity index (χ2v) is 6.04. The lowest BCUT2D eigenvalue weighted by molar-refractivity contribution is -0.0741. The van der Waals surface area contributed by atoms with E-state index in [2.05, 4.69) is 31.0 Å². The van der Waals surface area contributed by atoms with Crippen LogP contribution in [0, 0.1) is 17.4 Å². The Hall–Kier alpha value is -0.480. The molecule has 0 saturated heterocycles. The van der Waals surface area contributed by atoms with Gasteiger partial charge in [-0.2, -0.15) is 5.11 Å². The van der Waals surface area contributed by atoms with Crippen LogP contribution in [0.3, 0.4) is 0 Å². The molecule has 0 amide bonds. The quantitative estimate of drug-likeness (QED) is 0.705. The fraction of sp³-hybridized carbons (Fsp3) is 1.00. The Bertz CT molecular complexity index is 281. The van der Waals surface area contributed by atoms with Gasteiger partial charge >= 0.3 is 0 Å².